The van der Waals surface area contributed by atoms with Crippen molar-refractivity contribution < 1.29 is 9.90 Å². The van der Waals surface area contributed by atoms with Crippen LogP contribution < -0.4 is 10.6 Å². The topological polar surface area (TPSA) is 61.4 Å². The van der Waals surface area contributed by atoms with Gasteiger partial charge in [0.25, 0.3) is 5.91 Å². The highest BCUT2D eigenvalue weighted by molar-refractivity contribution is 5.86. The number of carbonyl (C=O) groups is 1. The minimum absolute atomic E-state index is 0.0222. The maximum absolute atomic E-state index is 13.0. The van der Waals surface area contributed by atoms with Crippen LogP contribution in [0.1, 0.15) is 37.7 Å². The third-order valence-electron chi connectivity index (χ3n) is 6.52. The molecule has 1 heterocycles. The highest BCUT2D eigenvalue weighted by atomic mass is 16.3. The van der Waals surface area contributed by atoms with E-state index < -0.39 is 5.60 Å². The van der Waals surface area contributed by atoms with Gasteiger partial charge in [0.05, 0.1) is 0 Å². The fraction of sp³-hybridized carbons (Fsp3) is 0.650. The molecule has 2 saturated carbocycles. The summed E-state index contributed by atoms with van der Waals surface area (Å²) >= 11 is 0. The van der Waals surface area contributed by atoms with Crippen molar-refractivity contribution >= 4 is 5.91 Å². The lowest BCUT2D eigenvalue weighted by molar-refractivity contribution is -0.149. The van der Waals surface area contributed by atoms with Crippen LogP contribution in [0.3, 0.4) is 0 Å². The Bertz CT molecular complexity index is 575. The van der Waals surface area contributed by atoms with E-state index in [9.17, 15) is 9.90 Å². The minimum Gasteiger partial charge on any atom is -0.375 e. The van der Waals surface area contributed by atoms with Crippen LogP contribution in [-0.2, 0) is 10.4 Å². The Labute approximate surface area is 144 Å². The maximum Gasteiger partial charge on any atom is 0.256 e. The normalized spacial score (nSPS) is 32.0. The lowest BCUT2D eigenvalue weighted by Crippen LogP contribution is -2.50. The van der Waals surface area contributed by atoms with Crippen molar-refractivity contribution in [3.8, 4) is 0 Å². The van der Waals surface area contributed by atoms with Gasteiger partial charge in [0, 0.05) is 12.5 Å². The second-order valence-corrected chi connectivity index (χ2v) is 7.83. The molecule has 1 aliphatic heterocycles. The first-order chi connectivity index (χ1) is 11.7. The Balaban J connectivity index is 1.49. The fourth-order valence-electron chi connectivity index (χ4n) is 4.96. The predicted octanol–water partition coefficient (Wildman–Crippen LogP) is 2.04. The van der Waals surface area contributed by atoms with Crippen LogP contribution in [0.25, 0.3) is 0 Å². The average molecular weight is 328 g/mol. The van der Waals surface area contributed by atoms with E-state index in [1.165, 1.54) is 6.42 Å². The molecule has 24 heavy (non-hydrogen) atoms. The quantitative estimate of drug-likeness (QED) is 0.775. The molecule has 3 N–H and O–H groups in total. The molecule has 3 aliphatic rings. The lowest BCUT2D eigenvalue weighted by atomic mass is 9.73. The monoisotopic (exact) mass is 328 g/mol. The van der Waals surface area contributed by atoms with Gasteiger partial charge in [0.15, 0.2) is 5.60 Å². The van der Waals surface area contributed by atoms with Gasteiger partial charge < -0.3 is 15.7 Å². The molecular weight excluding hydrogens is 300 g/mol. The Hall–Kier alpha value is -1.39. The highest BCUT2D eigenvalue weighted by Crippen LogP contribution is 2.48. The molecule has 0 aromatic heterocycles. The van der Waals surface area contributed by atoms with Crippen LogP contribution in [0.2, 0.25) is 0 Å². The number of carbonyl (C=O) groups excluding carboxylic acids is 1. The summed E-state index contributed by atoms with van der Waals surface area (Å²) in [5, 5.41) is 18.0. The maximum atomic E-state index is 13.0. The summed E-state index contributed by atoms with van der Waals surface area (Å²) < 4.78 is 0. The fourth-order valence-corrected chi connectivity index (χ4v) is 4.96. The number of hydrogen-bond acceptors (Lipinski definition) is 3. The van der Waals surface area contributed by atoms with E-state index in [0.29, 0.717) is 12.5 Å². The number of hydrogen-bond donors (Lipinski definition) is 3. The van der Waals surface area contributed by atoms with Crippen molar-refractivity contribution in [1.82, 2.24) is 10.6 Å². The molecule has 1 saturated heterocycles. The smallest absolute Gasteiger partial charge is 0.256 e. The molecule has 3 fully saturated rings. The van der Waals surface area contributed by atoms with E-state index in [0.717, 1.165) is 56.2 Å². The zero-order valence-corrected chi connectivity index (χ0v) is 14.2. The van der Waals surface area contributed by atoms with Crippen LogP contribution >= 0.6 is 0 Å². The summed E-state index contributed by atoms with van der Waals surface area (Å²) in [5.41, 5.74) is -0.642. The standard InChI is InChI=1S/C20H28N2O2/c23-19(22-13-18-16-11-21-12-17(16)18)20(24,14-7-3-1-4-8-14)15-9-5-2-6-10-15/h1,3-4,7-8,15-18,21,24H,2,5-6,9-13H2,(H,22,23)/t16-,17+,18?,20?. The molecule has 4 rings (SSSR count). The second-order valence-electron chi connectivity index (χ2n) is 7.83. The summed E-state index contributed by atoms with van der Waals surface area (Å²) in [6.07, 6.45) is 5.27. The van der Waals surface area contributed by atoms with Gasteiger partial charge in [0.2, 0.25) is 0 Å². The molecule has 2 unspecified atom stereocenters. The minimum atomic E-state index is -1.38. The van der Waals surface area contributed by atoms with Gasteiger partial charge in [-0.05, 0) is 49.2 Å². The zero-order valence-electron chi connectivity index (χ0n) is 14.2. The van der Waals surface area contributed by atoms with Crippen LogP contribution in [0.15, 0.2) is 30.3 Å². The largest absolute Gasteiger partial charge is 0.375 e. The Morgan fingerprint density at radius 2 is 1.79 bits per heavy atom. The molecule has 1 aromatic rings. The van der Waals surface area contributed by atoms with Gasteiger partial charge in [-0.2, -0.15) is 0 Å². The predicted molar refractivity (Wildman–Crippen MR) is 93.3 cm³/mol. The van der Waals surface area contributed by atoms with E-state index in [-0.39, 0.29) is 11.8 Å². The molecule has 130 valence electrons. The highest BCUT2D eigenvalue weighted by Gasteiger charge is 2.53. The molecule has 1 amide bonds. The molecule has 4 heteroatoms. The average Bonchev–Trinajstić information content (AvgIpc) is 3.07. The summed E-state index contributed by atoms with van der Waals surface area (Å²) in [6, 6.07) is 9.54. The third kappa shape index (κ3) is 2.76. The van der Waals surface area contributed by atoms with Crippen molar-refractivity contribution in [3.63, 3.8) is 0 Å². The molecule has 4 atom stereocenters. The molecule has 0 bridgehead atoms. The Kier molecular flexibility index (Phi) is 4.35. The summed E-state index contributed by atoms with van der Waals surface area (Å²) in [7, 11) is 0. The van der Waals surface area contributed by atoms with Crippen molar-refractivity contribution in [2.24, 2.45) is 23.7 Å². The summed E-state index contributed by atoms with van der Waals surface area (Å²) in [5.74, 6) is 1.88. The van der Waals surface area contributed by atoms with Crippen molar-refractivity contribution in [1.29, 1.82) is 0 Å². The first-order valence-corrected chi connectivity index (χ1v) is 9.48. The van der Waals surface area contributed by atoms with Gasteiger partial charge in [0.1, 0.15) is 0 Å². The summed E-state index contributed by atoms with van der Waals surface area (Å²) in [6.45, 7) is 2.87. The van der Waals surface area contributed by atoms with Crippen LogP contribution in [0, 0.1) is 23.7 Å². The number of piperidine rings is 1. The number of benzene rings is 1. The number of rotatable bonds is 5. The van der Waals surface area contributed by atoms with E-state index in [1.54, 1.807) is 0 Å². The van der Waals surface area contributed by atoms with Gasteiger partial charge >= 0.3 is 0 Å². The molecule has 4 nitrogen and oxygen atoms in total. The number of aliphatic hydroxyl groups is 1. The number of nitrogens with one attached hydrogen (secondary N) is 2. The first-order valence-electron chi connectivity index (χ1n) is 9.48. The van der Waals surface area contributed by atoms with Gasteiger partial charge in [-0.25, -0.2) is 0 Å². The van der Waals surface area contributed by atoms with Crippen molar-refractivity contribution in [2.75, 3.05) is 19.6 Å². The molecule has 2 aliphatic carbocycles. The zero-order chi connectivity index (χ0) is 16.6. The van der Waals surface area contributed by atoms with Crippen LogP contribution in [0.5, 0.6) is 0 Å². The molecule has 1 aromatic carbocycles. The lowest BCUT2D eigenvalue weighted by Gasteiger charge is -2.37. The third-order valence-corrected chi connectivity index (χ3v) is 6.52. The van der Waals surface area contributed by atoms with E-state index in [1.807, 2.05) is 30.3 Å². The second kappa shape index (κ2) is 6.49. The van der Waals surface area contributed by atoms with Gasteiger partial charge in [-0.1, -0.05) is 49.6 Å². The van der Waals surface area contributed by atoms with Crippen LogP contribution in [-0.4, -0.2) is 30.6 Å². The Morgan fingerprint density at radius 3 is 2.46 bits per heavy atom. The molecule has 0 spiro atoms. The SMILES string of the molecule is O=C(NCC1[C@H]2CNC[C@@H]12)C(O)(c1ccccc1)C1CCCCC1. The van der Waals surface area contributed by atoms with Gasteiger partial charge in [-0.15, -0.1) is 0 Å². The number of fused-ring (bicyclic) bond motifs is 1. The molecule has 0 radical (unpaired) electrons. The van der Waals surface area contributed by atoms with Crippen molar-refractivity contribution in [2.45, 2.75) is 37.7 Å². The van der Waals surface area contributed by atoms with Crippen LogP contribution in [0.4, 0.5) is 0 Å². The molecular formula is C20H28N2O2. The van der Waals surface area contributed by atoms with Gasteiger partial charge in [-0.3, -0.25) is 4.79 Å². The van der Waals surface area contributed by atoms with E-state index >= 15 is 0 Å². The first kappa shape index (κ1) is 16.1. The summed E-state index contributed by atoms with van der Waals surface area (Å²) in [4.78, 5) is 13.0. The van der Waals surface area contributed by atoms with E-state index in [4.69, 9.17) is 0 Å². The van der Waals surface area contributed by atoms with Crippen molar-refractivity contribution in [3.05, 3.63) is 35.9 Å². The van der Waals surface area contributed by atoms with E-state index in [2.05, 4.69) is 10.6 Å². The number of amides is 1. The Morgan fingerprint density at radius 1 is 1.12 bits per heavy atom.